The summed E-state index contributed by atoms with van der Waals surface area (Å²) in [5.41, 5.74) is 5.74. The van der Waals surface area contributed by atoms with Crippen molar-refractivity contribution in [3.63, 3.8) is 0 Å². The van der Waals surface area contributed by atoms with Crippen molar-refractivity contribution in [2.75, 3.05) is 0 Å². The van der Waals surface area contributed by atoms with Crippen molar-refractivity contribution in [2.24, 2.45) is 5.73 Å². The Bertz CT molecular complexity index is 654. The molecule has 2 rings (SSSR count). The Balaban J connectivity index is 1.93. The summed E-state index contributed by atoms with van der Waals surface area (Å²) in [6, 6.07) is -0.891. The third-order valence-corrected chi connectivity index (χ3v) is 4.10. The highest BCUT2D eigenvalue weighted by Crippen LogP contribution is 2.22. The van der Waals surface area contributed by atoms with Gasteiger partial charge in [0.2, 0.25) is 11.8 Å². The molecule has 0 radical (unpaired) electrons. The van der Waals surface area contributed by atoms with Crippen molar-refractivity contribution in [1.82, 2.24) is 20.5 Å². The van der Waals surface area contributed by atoms with Crippen LogP contribution in [0.2, 0.25) is 0 Å². The first-order valence-electron chi connectivity index (χ1n) is 5.94. The van der Waals surface area contributed by atoms with Gasteiger partial charge in [0.05, 0.1) is 22.4 Å². The Morgan fingerprint density at radius 2 is 2.29 bits per heavy atom. The molecule has 3 N–H and O–H groups in total. The van der Waals surface area contributed by atoms with Crippen LogP contribution in [0.25, 0.3) is 0 Å². The molecule has 0 saturated heterocycles. The SMILES string of the molecule is Cc1nc(Cc2nnc(S[C@@H](C)C(=O)NC(N)=O)o2)cs1. The van der Waals surface area contributed by atoms with Gasteiger partial charge in [-0.1, -0.05) is 11.8 Å². The fourth-order valence-electron chi connectivity index (χ4n) is 1.43. The van der Waals surface area contributed by atoms with Crippen molar-refractivity contribution in [1.29, 1.82) is 0 Å². The Kier molecular flexibility index (Phi) is 4.91. The van der Waals surface area contributed by atoms with Crippen molar-refractivity contribution < 1.29 is 14.0 Å². The number of carbonyl (C=O) groups is 2. The molecule has 0 saturated carbocycles. The summed E-state index contributed by atoms with van der Waals surface area (Å²) in [6.45, 7) is 3.53. The van der Waals surface area contributed by atoms with Gasteiger partial charge in [-0.2, -0.15) is 0 Å². The topological polar surface area (TPSA) is 124 Å². The minimum absolute atomic E-state index is 0.254. The van der Waals surface area contributed by atoms with Crippen LogP contribution in [0.4, 0.5) is 4.79 Å². The molecule has 10 heteroatoms. The summed E-state index contributed by atoms with van der Waals surface area (Å²) >= 11 is 2.60. The molecule has 1 atom stereocenters. The molecule has 0 aliphatic carbocycles. The number of urea groups is 1. The summed E-state index contributed by atoms with van der Waals surface area (Å²) in [6.07, 6.45) is 0.444. The predicted molar refractivity (Wildman–Crippen MR) is 77.0 cm³/mol. The van der Waals surface area contributed by atoms with Gasteiger partial charge < -0.3 is 10.2 Å². The van der Waals surface area contributed by atoms with E-state index in [1.165, 1.54) is 0 Å². The summed E-state index contributed by atoms with van der Waals surface area (Å²) in [5.74, 6) is -0.0901. The average Bonchev–Trinajstić information content (AvgIpc) is 2.98. The van der Waals surface area contributed by atoms with E-state index in [1.54, 1.807) is 18.3 Å². The number of nitrogens with one attached hydrogen (secondary N) is 1. The van der Waals surface area contributed by atoms with E-state index in [2.05, 4.69) is 15.2 Å². The van der Waals surface area contributed by atoms with Crippen LogP contribution in [0.15, 0.2) is 15.0 Å². The van der Waals surface area contributed by atoms with E-state index >= 15 is 0 Å². The Morgan fingerprint density at radius 3 is 2.90 bits per heavy atom. The van der Waals surface area contributed by atoms with Gasteiger partial charge in [-0.15, -0.1) is 21.5 Å². The van der Waals surface area contributed by atoms with Gasteiger partial charge in [-0.3, -0.25) is 10.1 Å². The molecule has 0 unspecified atom stereocenters. The summed E-state index contributed by atoms with van der Waals surface area (Å²) in [5, 5.41) is 12.3. The van der Waals surface area contributed by atoms with Gasteiger partial charge in [-0.05, 0) is 13.8 Å². The first kappa shape index (κ1) is 15.4. The van der Waals surface area contributed by atoms with E-state index in [4.69, 9.17) is 10.2 Å². The fourth-order valence-corrected chi connectivity index (χ4v) is 2.74. The van der Waals surface area contributed by atoms with Crippen LogP contribution in [-0.4, -0.2) is 32.4 Å². The number of aromatic nitrogens is 3. The monoisotopic (exact) mass is 327 g/mol. The van der Waals surface area contributed by atoms with Crippen LogP contribution in [0.3, 0.4) is 0 Å². The van der Waals surface area contributed by atoms with Crippen molar-refractivity contribution >= 4 is 35.0 Å². The van der Waals surface area contributed by atoms with Crippen LogP contribution in [0, 0.1) is 6.92 Å². The van der Waals surface area contributed by atoms with Crippen LogP contribution >= 0.6 is 23.1 Å². The lowest BCUT2D eigenvalue weighted by Gasteiger charge is -2.06. The molecule has 0 spiro atoms. The third-order valence-electron chi connectivity index (χ3n) is 2.34. The standard InChI is InChI=1S/C11H13N5O3S2/c1-5(9(17)14-10(12)18)21-11-16-15-8(19-11)3-7-4-20-6(2)13-7/h4-5H,3H2,1-2H3,(H3,12,14,17,18)/t5-/m0/s1. The second-order valence-electron chi connectivity index (χ2n) is 4.11. The summed E-state index contributed by atoms with van der Waals surface area (Å²) in [4.78, 5) is 26.4. The number of hydrogen-bond donors (Lipinski definition) is 2. The normalized spacial score (nSPS) is 12.1. The number of primary amides is 1. The predicted octanol–water partition coefficient (Wildman–Crippen LogP) is 1.10. The highest BCUT2D eigenvalue weighted by molar-refractivity contribution is 8.00. The number of nitrogens with zero attached hydrogens (tertiary/aromatic N) is 3. The number of nitrogens with two attached hydrogens (primary N) is 1. The molecule has 21 heavy (non-hydrogen) atoms. The minimum Gasteiger partial charge on any atom is -0.416 e. The molecule has 0 aliphatic rings. The molecule has 2 heterocycles. The Morgan fingerprint density at radius 1 is 1.52 bits per heavy atom. The second-order valence-corrected chi connectivity index (χ2v) is 6.46. The van der Waals surface area contributed by atoms with E-state index in [0.717, 1.165) is 22.5 Å². The molecule has 0 aromatic carbocycles. The molecule has 0 bridgehead atoms. The Labute approximate surface area is 128 Å². The molecule has 0 aliphatic heterocycles. The van der Waals surface area contributed by atoms with Crippen LogP contribution in [0.5, 0.6) is 0 Å². The largest absolute Gasteiger partial charge is 0.416 e. The van der Waals surface area contributed by atoms with Crippen LogP contribution in [-0.2, 0) is 11.2 Å². The van der Waals surface area contributed by atoms with Crippen molar-refractivity contribution in [3.8, 4) is 0 Å². The van der Waals surface area contributed by atoms with Crippen molar-refractivity contribution in [2.45, 2.75) is 30.7 Å². The summed E-state index contributed by atoms with van der Waals surface area (Å²) < 4.78 is 5.43. The van der Waals surface area contributed by atoms with Gasteiger partial charge in [0.1, 0.15) is 0 Å². The molecule has 2 aromatic rings. The second kappa shape index (κ2) is 6.68. The number of imide groups is 1. The number of aryl methyl sites for hydroxylation is 1. The maximum absolute atomic E-state index is 11.5. The zero-order chi connectivity index (χ0) is 15.4. The van der Waals surface area contributed by atoms with Crippen LogP contribution in [0.1, 0.15) is 23.5 Å². The summed E-state index contributed by atoms with van der Waals surface area (Å²) in [7, 11) is 0. The van der Waals surface area contributed by atoms with E-state index < -0.39 is 17.2 Å². The van der Waals surface area contributed by atoms with Crippen LogP contribution < -0.4 is 11.1 Å². The average molecular weight is 327 g/mol. The van der Waals surface area contributed by atoms with E-state index in [9.17, 15) is 9.59 Å². The van der Waals surface area contributed by atoms with E-state index in [0.29, 0.717) is 12.3 Å². The van der Waals surface area contributed by atoms with Gasteiger partial charge in [-0.25, -0.2) is 9.78 Å². The van der Waals surface area contributed by atoms with Crippen molar-refractivity contribution in [3.05, 3.63) is 22.0 Å². The lowest BCUT2D eigenvalue weighted by atomic mass is 10.3. The maximum Gasteiger partial charge on any atom is 0.318 e. The lowest BCUT2D eigenvalue weighted by molar-refractivity contribution is -0.119. The number of thioether (sulfide) groups is 1. The highest BCUT2D eigenvalue weighted by atomic mass is 32.2. The molecule has 2 aromatic heterocycles. The highest BCUT2D eigenvalue weighted by Gasteiger charge is 2.19. The smallest absolute Gasteiger partial charge is 0.318 e. The quantitative estimate of drug-likeness (QED) is 0.788. The zero-order valence-electron chi connectivity index (χ0n) is 11.3. The first-order valence-corrected chi connectivity index (χ1v) is 7.70. The zero-order valence-corrected chi connectivity index (χ0v) is 13.0. The first-order chi connectivity index (χ1) is 9.94. The maximum atomic E-state index is 11.5. The number of thiazole rings is 1. The Hall–Kier alpha value is -1.94. The number of amides is 3. The number of hydrogen-bond acceptors (Lipinski definition) is 8. The minimum atomic E-state index is -0.891. The van der Waals surface area contributed by atoms with E-state index in [-0.39, 0.29) is 5.22 Å². The van der Waals surface area contributed by atoms with Gasteiger partial charge in [0.15, 0.2) is 0 Å². The molecule has 3 amide bonds. The number of rotatable bonds is 5. The fraction of sp³-hybridized carbons (Fsp3) is 0.364. The molecule has 0 fully saturated rings. The lowest BCUT2D eigenvalue weighted by Crippen LogP contribution is -2.39. The third kappa shape index (κ3) is 4.53. The number of carbonyl (C=O) groups excluding carboxylic acids is 2. The molecule has 112 valence electrons. The van der Waals surface area contributed by atoms with Gasteiger partial charge in [0, 0.05) is 5.38 Å². The molecular weight excluding hydrogens is 314 g/mol. The van der Waals surface area contributed by atoms with Gasteiger partial charge >= 0.3 is 6.03 Å². The molecular formula is C11H13N5O3S2. The molecule has 8 nitrogen and oxygen atoms in total. The van der Waals surface area contributed by atoms with E-state index in [1.807, 2.05) is 17.6 Å². The van der Waals surface area contributed by atoms with Gasteiger partial charge in [0.25, 0.3) is 5.22 Å².